The summed E-state index contributed by atoms with van der Waals surface area (Å²) < 4.78 is 5.70. The highest BCUT2D eigenvalue weighted by Crippen LogP contribution is 2.28. The molecular formula is C30H34Cl2N6O3. The minimum absolute atomic E-state index is 0.0287. The second-order valence-corrected chi connectivity index (χ2v) is 11.4. The maximum absolute atomic E-state index is 13.3. The zero-order chi connectivity index (χ0) is 28.9. The molecular weight excluding hydrogens is 563 g/mol. The van der Waals surface area contributed by atoms with Crippen LogP contribution in [-0.2, 0) is 16.1 Å². The number of rotatable bonds is 8. The van der Waals surface area contributed by atoms with Crippen LogP contribution in [-0.4, -0.2) is 58.5 Å². The van der Waals surface area contributed by atoms with Crippen molar-refractivity contribution in [3.8, 4) is 11.3 Å². The first-order valence-electron chi connectivity index (χ1n) is 13.9. The Balaban J connectivity index is 1.22. The Morgan fingerprint density at radius 3 is 2.51 bits per heavy atom. The van der Waals surface area contributed by atoms with Crippen LogP contribution in [0.3, 0.4) is 0 Å². The van der Waals surface area contributed by atoms with E-state index in [0.29, 0.717) is 46.6 Å². The highest BCUT2D eigenvalue weighted by Gasteiger charge is 2.33. The van der Waals surface area contributed by atoms with E-state index in [2.05, 4.69) is 20.6 Å². The minimum Gasteiger partial charge on any atom is -0.461 e. The molecule has 11 heteroatoms. The van der Waals surface area contributed by atoms with E-state index in [1.807, 2.05) is 12.1 Å². The molecule has 2 heterocycles. The number of anilines is 2. The van der Waals surface area contributed by atoms with Gasteiger partial charge in [-0.2, -0.15) is 0 Å². The summed E-state index contributed by atoms with van der Waals surface area (Å²) in [6.07, 6.45) is 7.01. The van der Waals surface area contributed by atoms with Gasteiger partial charge in [-0.05, 0) is 69.3 Å². The largest absolute Gasteiger partial charge is 0.461 e. The lowest BCUT2D eigenvalue weighted by molar-refractivity contribution is -0.152. The van der Waals surface area contributed by atoms with E-state index in [-0.39, 0.29) is 29.8 Å². The summed E-state index contributed by atoms with van der Waals surface area (Å²) in [5.41, 5.74) is 8.73. The van der Waals surface area contributed by atoms with Crippen molar-refractivity contribution in [3.63, 3.8) is 0 Å². The molecule has 9 nitrogen and oxygen atoms in total. The van der Waals surface area contributed by atoms with Gasteiger partial charge in [-0.1, -0.05) is 41.4 Å². The van der Waals surface area contributed by atoms with E-state index in [1.165, 1.54) is 0 Å². The molecule has 2 aliphatic rings. The molecule has 2 atom stereocenters. The molecule has 2 aromatic carbocycles. The summed E-state index contributed by atoms with van der Waals surface area (Å²) in [5.74, 6) is 0.344. The number of carbonyl (C=O) groups is 2. The number of hydrogen-bond donors (Lipinski definition) is 3. The Morgan fingerprint density at radius 2 is 1.80 bits per heavy atom. The molecule has 0 spiro atoms. The Kier molecular flexibility index (Phi) is 9.27. The summed E-state index contributed by atoms with van der Waals surface area (Å²) in [6.45, 7) is 0.983. The lowest BCUT2D eigenvalue weighted by Gasteiger charge is -2.35. The highest BCUT2D eigenvalue weighted by atomic mass is 35.5. The number of nitrogens with one attached hydrogen (secondary N) is 2. The van der Waals surface area contributed by atoms with Gasteiger partial charge in [0.1, 0.15) is 12.1 Å². The van der Waals surface area contributed by atoms with E-state index in [0.717, 1.165) is 43.2 Å². The van der Waals surface area contributed by atoms with Crippen molar-refractivity contribution < 1.29 is 14.3 Å². The van der Waals surface area contributed by atoms with Gasteiger partial charge in [0.15, 0.2) is 11.6 Å². The first kappa shape index (κ1) is 29.1. The number of piperidine rings is 1. The van der Waals surface area contributed by atoms with Crippen LogP contribution in [0.2, 0.25) is 10.0 Å². The Morgan fingerprint density at radius 1 is 1.10 bits per heavy atom. The summed E-state index contributed by atoms with van der Waals surface area (Å²) in [4.78, 5) is 36.7. The lowest BCUT2D eigenvalue weighted by atomic mass is 9.97. The maximum Gasteiger partial charge on any atom is 0.323 e. The van der Waals surface area contributed by atoms with Crippen molar-refractivity contribution in [2.24, 2.45) is 0 Å². The second kappa shape index (κ2) is 13.1. The molecule has 0 radical (unpaired) electrons. The minimum atomic E-state index is -0.396. The van der Waals surface area contributed by atoms with Crippen molar-refractivity contribution in [1.82, 2.24) is 20.2 Å². The van der Waals surface area contributed by atoms with Crippen molar-refractivity contribution in [2.75, 3.05) is 24.6 Å². The Labute approximate surface area is 249 Å². The number of halogens is 2. The van der Waals surface area contributed by atoms with Crippen LogP contribution in [0, 0.1) is 0 Å². The third-order valence-corrected chi connectivity index (χ3v) is 8.54. The van der Waals surface area contributed by atoms with Gasteiger partial charge in [-0.3, -0.25) is 9.59 Å². The number of aromatic nitrogens is 2. The summed E-state index contributed by atoms with van der Waals surface area (Å²) in [7, 11) is 1.79. The van der Waals surface area contributed by atoms with Gasteiger partial charge in [0, 0.05) is 46.4 Å². The molecule has 4 N–H and O–H groups in total. The lowest BCUT2D eigenvalue weighted by Crippen LogP contribution is -2.52. The molecule has 1 aromatic heterocycles. The normalized spacial score (nSPS) is 19.1. The Hall–Kier alpha value is -3.40. The number of nitrogens with zero attached hydrogens (tertiary/aromatic N) is 3. The molecule has 0 bridgehead atoms. The third kappa shape index (κ3) is 6.92. The monoisotopic (exact) mass is 596 g/mol. The molecule has 1 aliphatic heterocycles. The summed E-state index contributed by atoms with van der Waals surface area (Å²) in [5, 5.41) is 7.52. The fraction of sp³-hybridized carbons (Fsp3) is 0.400. The van der Waals surface area contributed by atoms with E-state index in [4.69, 9.17) is 33.7 Å². The van der Waals surface area contributed by atoms with E-state index in [1.54, 1.807) is 48.5 Å². The van der Waals surface area contributed by atoms with Crippen molar-refractivity contribution >= 4 is 46.7 Å². The van der Waals surface area contributed by atoms with Crippen molar-refractivity contribution in [3.05, 3.63) is 69.8 Å². The number of hydrogen-bond acceptors (Lipinski definition) is 8. The average Bonchev–Trinajstić information content (AvgIpc) is 3.50. The highest BCUT2D eigenvalue weighted by molar-refractivity contribution is 6.36. The number of amides is 1. The molecule has 2 unspecified atom stereocenters. The number of nitrogens with two attached hydrogens (primary N) is 1. The number of carbonyl (C=O) groups excluding carboxylic acids is 2. The van der Waals surface area contributed by atoms with Crippen LogP contribution in [0.4, 0.5) is 11.6 Å². The summed E-state index contributed by atoms with van der Waals surface area (Å²) in [6, 6.07) is 12.1. The average molecular weight is 598 g/mol. The van der Waals surface area contributed by atoms with Gasteiger partial charge in [0.25, 0.3) is 5.91 Å². The van der Waals surface area contributed by atoms with Crippen molar-refractivity contribution in [2.45, 2.75) is 63.3 Å². The zero-order valence-corrected chi connectivity index (χ0v) is 24.4. The molecule has 41 heavy (non-hydrogen) atoms. The number of ether oxygens (including phenoxy) is 1. The van der Waals surface area contributed by atoms with Crippen LogP contribution >= 0.6 is 23.2 Å². The molecule has 3 aromatic rings. The quantitative estimate of drug-likeness (QED) is 0.298. The van der Waals surface area contributed by atoms with Crippen LogP contribution in [0.5, 0.6) is 0 Å². The predicted octanol–water partition coefficient (Wildman–Crippen LogP) is 5.32. The van der Waals surface area contributed by atoms with Gasteiger partial charge in [-0.25, -0.2) is 9.97 Å². The fourth-order valence-electron chi connectivity index (χ4n) is 5.38. The maximum atomic E-state index is 13.3. The molecule has 216 valence electrons. The Bertz CT molecular complexity index is 1380. The standard InChI is InChI=1S/C30H34Cl2N6O3/c1-38(20-13-14-34-25(15-20)30(40)41-21-5-2-3-6-21)29(39)19-11-9-18(10-12-19)26-17-35-27(33)28(37-26)36-16-22-23(31)7-4-8-24(22)32/h4,7-12,17,20-21,25,34H,2-3,5-6,13-16H2,1H3,(H2,33,35)(H,36,37). The van der Waals surface area contributed by atoms with Gasteiger partial charge in [0.2, 0.25) is 0 Å². The van der Waals surface area contributed by atoms with Crippen LogP contribution < -0.4 is 16.4 Å². The third-order valence-electron chi connectivity index (χ3n) is 7.84. The number of nitrogen functional groups attached to an aromatic ring is 1. The van der Waals surface area contributed by atoms with Gasteiger partial charge < -0.3 is 26.0 Å². The SMILES string of the molecule is CN(C(=O)c1ccc(-c2cnc(N)c(NCc3c(Cl)cccc3Cl)n2)cc1)C1CCNC(C(=O)OC2CCCC2)C1. The predicted molar refractivity (Wildman–Crippen MR) is 161 cm³/mol. The molecule has 1 amide bonds. The van der Waals surface area contributed by atoms with E-state index in [9.17, 15) is 9.59 Å². The first-order chi connectivity index (χ1) is 19.8. The topological polar surface area (TPSA) is 122 Å². The van der Waals surface area contributed by atoms with Gasteiger partial charge >= 0.3 is 5.97 Å². The zero-order valence-electron chi connectivity index (χ0n) is 22.9. The molecule has 1 saturated heterocycles. The van der Waals surface area contributed by atoms with Crippen molar-refractivity contribution in [1.29, 1.82) is 0 Å². The molecule has 1 saturated carbocycles. The summed E-state index contributed by atoms with van der Waals surface area (Å²) >= 11 is 12.6. The van der Waals surface area contributed by atoms with E-state index < -0.39 is 6.04 Å². The second-order valence-electron chi connectivity index (χ2n) is 10.6. The van der Waals surface area contributed by atoms with Crippen LogP contribution in [0.25, 0.3) is 11.3 Å². The number of esters is 1. The molecule has 5 rings (SSSR count). The van der Waals surface area contributed by atoms with Crippen LogP contribution in [0.1, 0.15) is 54.4 Å². The van der Waals surface area contributed by atoms with Crippen LogP contribution in [0.15, 0.2) is 48.7 Å². The van der Waals surface area contributed by atoms with Gasteiger partial charge in [0.05, 0.1) is 11.9 Å². The molecule has 1 aliphatic carbocycles. The fourth-order valence-corrected chi connectivity index (χ4v) is 5.91. The van der Waals surface area contributed by atoms with Gasteiger partial charge in [-0.15, -0.1) is 0 Å². The number of benzene rings is 2. The molecule has 2 fully saturated rings. The first-order valence-corrected chi connectivity index (χ1v) is 14.7. The van der Waals surface area contributed by atoms with E-state index >= 15 is 0 Å². The smallest absolute Gasteiger partial charge is 0.323 e.